The molecule has 2 heteroatoms. The summed E-state index contributed by atoms with van der Waals surface area (Å²) in [6.45, 7) is 0. The number of para-hydroxylation sites is 2. The number of rotatable bonds is 6. The molecule has 0 fully saturated rings. The summed E-state index contributed by atoms with van der Waals surface area (Å²) >= 11 is 0.246. The fourth-order valence-electron chi connectivity index (χ4n) is 8.44. The predicted octanol–water partition coefficient (Wildman–Crippen LogP) is 14.5. The van der Waals surface area contributed by atoms with Crippen molar-refractivity contribution in [3.05, 3.63) is 212 Å². The average Bonchev–Trinajstić information content (AvgIpc) is 3.82. The molecule has 0 aliphatic heterocycles. The molecule has 2 heterocycles. The summed E-state index contributed by atoms with van der Waals surface area (Å²) in [5.41, 5.74) is 15.9. The molecule has 0 radical (unpaired) electrons. The first-order chi connectivity index (χ1) is 27.7. The zero-order valence-corrected chi connectivity index (χ0v) is 32.3. The summed E-state index contributed by atoms with van der Waals surface area (Å²) in [5, 5.41) is 5.26. The Morgan fingerprint density at radius 3 is 1.52 bits per heavy atom. The first-order valence-corrected chi connectivity index (χ1v) is 20.9. The van der Waals surface area contributed by atoms with Crippen LogP contribution in [0.1, 0.15) is 0 Å². The van der Waals surface area contributed by atoms with Crippen LogP contribution >= 0.6 is 0 Å². The quantitative estimate of drug-likeness (QED) is 0.148. The third-order valence-corrected chi connectivity index (χ3v) is 13.7. The molecule has 0 amide bonds. The maximum Gasteiger partial charge on any atom is -0.0544 e. The minimum atomic E-state index is 0.246. The van der Waals surface area contributed by atoms with Gasteiger partial charge in [0.2, 0.25) is 0 Å². The van der Waals surface area contributed by atoms with Crippen molar-refractivity contribution in [3.63, 3.8) is 0 Å². The third-order valence-electron chi connectivity index (χ3n) is 11.2. The summed E-state index contributed by atoms with van der Waals surface area (Å²) in [7, 11) is 0. The van der Waals surface area contributed by atoms with Crippen LogP contribution in [0.5, 0.6) is 0 Å². The second-order valence-electron chi connectivity index (χ2n) is 14.5. The van der Waals surface area contributed by atoms with Crippen LogP contribution in [0.3, 0.4) is 0 Å². The Balaban J connectivity index is 1.15. The Bertz CT molecular complexity index is 3210. The minimum absolute atomic E-state index is 0.246. The van der Waals surface area contributed by atoms with Gasteiger partial charge in [-0.05, 0) is 18.2 Å². The van der Waals surface area contributed by atoms with Gasteiger partial charge in [-0.15, -0.1) is 0 Å². The van der Waals surface area contributed by atoms with Crippen LogP contribution in [0.25, 0.3) is 102 Å². The molecular formula is C54H35NSe. The predicted molar refractivity (Wildman–Crippen MR) is 240 cm³/mol. The monoisotopic (exact) mass is 777 g/mol. The van der Waals surface area contributed by atoms with Gasteiger partial charge in [0.25, 0.3) is 0 Å². The first-order valence-electron chi connectivity index (χ1n) is 19.2. The molecule has 0 saturated heterocycles. The maximum atomic E-state index is 2.45. The van der Waals surface area contributed by atoms with Crippen molar-refractivity contribution in [1.29, 1.82) is 0 Å². The normalized spacial score (nSPS) is 11.6. The van der Waals surface area contributed by atoms with E-state index in [-0.39, 0.29) is 14.5 Å². The Hall–Kier alpha value is -6.70. The Morgan fingerprint density at radius 2 is 0.786 bits per heavy atom. The van der Waals surface area contributed by atoms with Crippen LogP contribution in [0.4, 0.5) is 0 Å². The number of benzene rings is 9. The van der Waals surface area contributed by atoms with Gasteiger partial charge in [-0.2, -0.15) is 0 Å². The van der Waals surface area contributed by atoms with E-state index in [1.807, 2.05) is 0 Å². The van der Waals surface area contributed by atoms with Crippen LogP contribution in [-0.4, -0.2) is 19.1 Å². The molecule has 0 spiro atoms. The van der Waals surface area contributed by atoms with E-state index in [4.69, 9.17) is 0 Å². The topological polar surface area (TPSA) is 4.93 Å². The van der Waals surface area contributed by atoms with Crippen LogP contribution < -0.4 is 0 Å². The fraction of sp³-hybridized carbons (Fsp3) is 0. The van der Waals surface area contributed by atoms with Gasteiger partial charge in [-0.25, -0.2) is 0 Å². The molecule has 0 aliphatic rings. The number of hydrogen-bond donors (Lipinski definition) is 0. The molecule has 9 aromatic carbocycles. The smallest absolute Gasteiger partial charge is 0.0544 e. The molecule has 0 aliphatic carbocycles. The molecule has 0 atom stereocenters. The van der Waals surface area contributed by atoms with Crippen molar-refractivity contribution in [2.24, 2.45) is 0 Å². The zero-order valence-electron chi connectivity index (χ0n) is 30.6. The maximum absolute atomic E-state index is 2.45. The van der Waals surface area contributed by atoms with Gasteiger partial charge in [0.05, 0.1) is 0 Å². The minimum Gasteiger partial charge on any atom is -0.0617 e. The molecule has 0 saturated carbocycles. The van der Waals surface area contributed by atoms with Crippen LogP contribution in [0.15, 0.2) is 212 Å². The molecule has 262 valence electrons. The molecule has 1 nitrogen and oxygen atoms in total. The van der Waals surface area contributed by atoms with Gasteiger partial charge in [-0.1, -0.05) is 66.7 Å². The SMILES string of the molecule is c1ccc(-c2ccc(-c3cc(-c4cc(-c5ccccc5)c5[se]c6ccccc6c5c4)cc(-c4ccc5c6ccccc6n(-c6ccccc6)c5c4)c3)cc2)cc1. The molecule has 0 bridgehead atoms. The van der Waals surface area contributed by atoms with Gasteiger partial charge in [0.15, 0.2) is 0 Å². The number of fused-ring (bicyclic) bond motifs is 6. The van der Waals surface area contributed by atoms with Crippen LogP contribution in [0, 0.1) is 0 Å². The van der Waals surface area contributed by atoms with E-state index in [1.54, 1.807) is 0 Å². The van der Waals surface area contributed by atoms with Crippen molar-refractivity contribution < 1.29 is 0 Å². The van der Waals surface area contributed by atoms with Gasteiger partial charge >= 0.3 is 249 Å². The summed E-state index contributed by atoms with van der Waals surface area (Å²) in [6, 6.07) is 78.2. The van der Waals surface area contributed by atoms with E-state index in [9.17, 15) is 0 Å². The molecular weight excluding hydrogens is 742 g/mol. The number of hydrogen-bond acceptors (Lipinski definition) is 0. The Kier molecular flexibility index (Phi) is 7.91. The molecule has 0 N–H and O–H groups in total. The van der Waals surface area contributed by atoms with E-state index >= 15 is 0 Å². The second kappa shape index (κ2) is 13.6. The fourth-order valence-corrected chi connectivity index (χ4v) is 11.0. The van der Waals surface area contributed by atoms with Gasteiger partial charge in [0.1, 0.15) is 0 Å². The number of nitrogens with zero attached hydrogens (tertiary/aromatic N) is 1. The average molecular weight is 777 g/mol. The van der Waals surface area contributed by atoms with Crippen molar-refractivity contribution in [2.45, 2.75) is 0 Å². The molecule has 56 heavy (non-hydrogen) atoms. The third kappa shape index (κ3) is 5.62. The standard InChI is InChI=1S/C54H35NSe/c1-4-14-36(15-5-1)37-24-26-38(27-25-37)41-30-42(40-28-29-47-46-20-10-12-22-51(46)55(52(47)35-40)45-18-8-3-9-19-45)32-43(31-41)44-33-49(39-16-6-2-7-17-39)54-50(34-44)48-21-11-13-23-53(48)56-54/h1-35H. The number of aromatic nitrogens is 1. The van der Waals surface area contributed by atoms with Gasteiger partial charge in [-0.3, -0.25) is 0 Å². The second-order valence-corrected chi connectivity index (χ2v) is 16.7. The summed E-state index contributed by atoms with van der Waals surface area (Å²) in [5.74, 6) is 0. The largest absolute Gasteiger partial charge is 0.0617 e. The van der Waals surface area contributed by atoms with Crippen molar-refractivity contribution in [1.82, 2.24) is 4.57 Å². The molecule has 2 aromatic heterocycles. The van der Waals surface area contributed by atoms with Crippen LogP contribution in [-0.2, 0) is 0 Å². The summed E-state index contributed by atoms with van der Waals surface area (Å²) in [6.07, 6.45) is 0. The summed E-state index contributed by atoms with van der Waals surface area (Å²) < 4.78 is 5.34. The van der Waals surface area contributed by atoms with Crippen LogP contribution in [0.2, 0.25) is 0 Å². The molecule has 0 unspecified atom stereocenters. The zero-order chi connectivity index (χ0) is 37.0. The molecule has 11 rings (SSSR count). The van der Waals surface area contributed by atoms with Crippen molar-refractivity contribution >= 4 is 55.6 Å². The van der Waals surface area contributed by atoms with Crippen molar-refractivity contribution in [2.75, 3.05) is 0 Å². The summed E-state index contributed by atoms with van der Waals surface area (Å²) in [4.78, 5) is 0. The Morgan fingerprint density at radius 1 is 0.286 bits per heavy atom. The van der Waals surface area contributed by atoms with E-state index in [2.05, 4.69) is 217 Å². The van der Waals surface area contributed by atoms with E-state index in [0.29, 0.717) is 0 Å². The van der Waals surface area contributed by atoms with Gasteiger partial charge in [0, 0.05) is 0 Å². The van der Waals surface area contributed by atoms with E-state index < -0.39 is 0 Å². The van der Waals surface area contributed by atoms with E-state index in [0.717, 1.165) is 5.69 Å². The van der Waals surface area contributed by atoms with Gasteiger partial charge < -0.3 is 0 Å². The Labute approximate surface area is 332 Å². The van der Waals surface area contributed by atoms with Crippen molar-refractivity contribution in [3.8, 4) is 61.3 Å². The van der Waals surface area contributed by atoms with E-state index in [1.165, 1.54) is 96.7 Å². The first kappa shape index (κ1) is 32.7. The molecule has 11 aromatic rings.